The molecule has 3 N–H and O–H groups in total. The van der Waals surface area contributed by atoms with Crippen molar-refractivity contribution in [3.8, 4) is 0 Å². The highest BCUT2D eigenvalue weighted by Crippen LogP contribution is 2.78. The molecule has 0 aromatic carbocycles. The molecule has 0 spiro atoms. The summed E-state index contributed by atoms with van der Waals surface area (Å²) in [5.41, 5.74) is 6.45. The second-order valence-corrected chi connectivity index (χ2v) is 20.8. The van der Waals surface area contributed by atoms with E-state index < -0.39 is 17.4 Å². The number of carbonyl (C=O) groups is 4. The molecule has 1 unspecified atom stereocenters. The molecule has 6 fully saturated rings. The van der Waals surface area contributed by atoms with Crippen LogP contribution in [0, 0.1) is 68.0 Å². The summed E-state index contributed by atoms with van der Waals surface area (Å²) in [5, 5.41) is 9.54. The van der Waals surface area contributed by atoms with Crippen molar-refractivity contribution in [2.24, 2.45) is 73.7 Å². The molecule has 1 saturated heterocycles. The Morgan fingerprint density at radius 2 is 1.54 bits per heavy atom. The molecule has 0 aromatic rings. The van der Waals surface area contributed by atoms with Gasteiger partial charge in [-0.3, -0.25) is 19.2 Å². The van der Waals surface area contributed by atoms with Gasteiger partial charge < -0.3 is 20.5 Å². The van der Waals surface area contributed by atoms with Crippen LogP contribution in [0.4, 0.5) is 0 Å². The number of amides is 2. The van der Waals surface area contributed by atoms with Gasteiger partial charge in [-0.25, -0.2) is 0 Å². The number of carbonyl (C=O) groups excluding carboxylic acids is 3. The Morgan fingerprint density at radius 1 is 0.865 bits per heavy atom. The lowest BCUT2D eigenvalue weighted by Crippen LogP contribution is -2.67. The average molecular weight is 725 g/mol. The normalized spacial score (nSPS) is 42.0. The third-order valence-electron chi connectivity index (χ3n) is 17.0. The molecule has 5 aliphatic carbocycles. The number of ether oxygens (including phenoxy) is 1. The number of fused-ring (bicyclic) bond motifs is 7. The second kappa shape index (κ2) is 14.0. The van der Waals surface area contributed by atoms with Gasteiger partial charge in [0, 0.05) is 31.8 Å². The Morgan fingerprint density at radius 3 is 2.08 bits per heavy atom. The summed E-state index contributed by atoms with van der Waals surface area (Å²) >= 11 is 0. The van der Waals surface area contributed by atoms with E-state index in [1.54, 1.807) is 20.8 Å². The number of hydrogen-bond donors (Lipinski definition) is 2. The molecule has 6 rings (SSSR count). The largest absolute Gasteiger partial charge is 0.481 e. The molecule has 8 heteroatoms. The van der Waals surface area contributed by atoms with Crippen molar-refractivity contribution in [3.63, 3.8) is 0 Å². The van der Waals surface area contributed by atoms with Gasteiger partial charge in [0.25, 0.3) is 0 Å². The number of hydrogen-bond acceptors (Lipinski definition) is 5. The first-order valence-corrected chi connectivity index (χ1v) is 20.6. The SMILES string of the molecule is C=C(C)[C@@H]1CC[C@]2(CC(N)=O)CC[C@]3(C)[C@H](CC[C@H]4C3(C)CC[C@H]3C(C)(C)[C@@H](OC(=O)CC(C)(C)C(=O)O)CC[C@@]34C)[C@@H]12.CC(=O)N1CC[C@H](C)C1. The van der Waals surface area contributed by atoms with Crippen LogP contribution in [-0.2, 0) is 23.9 Å². The predicted molar refractivity (Wildman–Crippen MR) is 205 cm³/mol. The lowest BCUT2D eigenvalue weighted by atomic mass is 9.32. The predicted octanol–water partition coefficient (Wildman–Crippen LogP) is 8.81. The van der Waals surface area contributed by atoms with Gasteiger partial charge in [-0.05, 0) is 149 Å². The monoisotopic (exact) mass is 725 g/mol. The molecule has 0 radical (unpaired) electrons. The van der Waals surface area contributed by atoms with Gasteiger partial charge in [-0.1, -0.05) is 53.7 Å². The summed E-state index contributed by atoms with van der Waals surface area (Å²) in [4.78, 5) is 49.6. The summed E-state index contributed by atoms with van der Waals surface area (Å²) in [5.74, 6) is 2.00. The van der Waals surface area contributed by atoms with E-state index in [4.69, 9.17) is 10.5 Å². The number of allylic oxidation sites excluding steroid dienone is 1. The fourth-order valence-corrected chi connectivity index (χ4v) is 14.0. The molecule has 52 heavy (non-hydrogen) atoms. The van der Waals surface area contributed by atoms with E-state index in [0.29, 0.717) is 41.9 Å². The Kier molecular flexibility index (Phi) is 11.0. The zero-order valence-corrected chi connectivity index (χ0v) is 34.4. The maximum Gasteiger partial charge on any atom is 0.309 e. The number of carboxylic acid groups (broad SMARTS) is 1. The van der Waals surface area contributed by atoms with Crippen molar-refractivity contribution >= 4 is 23.8 Å². The van der Waals surface area contributed by atoms with Crippen LogP contribution in [0.3, 0.4) is 0 Å². The average Bonchev–Trinajstić information content (AvgIpc) is 3.63. The number of esters is 1. The van der Waals surface area contributed by atoms with Crippen LogP contribution >= 0.6 is 0 Å². The topological polar surface area (TPSA) is 127 Å². The number of rotatable bonds is 7. The van der Waals surface area contributed by atoms with Crippen LogP contribution in [-0.4, -0.2) is 53.0 Å². The molecule has 1 heterocycles. The minimum Gasteiger partial charge on any atom is -0.481 e. The van der Waals surface area contributed by atoms with Crippen molar-refractivity contribution in [2.45, 2.75) is 159 Å². The molecule has 1 aliphatic heterocycles. The zero-order chi connectivity index (χ0) is 38.8. The van der Waals surface area contributed by atoms with Gasteiger partial charge in [0.15, 0.2) is 0 Å². The molecular formula is C44H72N2O6. The zero-order valence-electron chi connectivity index (χ0n) is 34.4. The van der Waals surface area contributed by atoms with E-state index in [2.05, 4.69) is 55.0 Å². The molecule has 2 amide bonds. The van der Waals surface area contributed by atoms with Gasteiger partial charge in [0.1, 0.15) is 6.10 Å². The van der Waals surface area contributed by atoms with Crippen LogP contribution in [0.25, 0.3) is 0 Å². The third-order valence-corrected chi connectivity index (χ3v) is 17.0. The van der Waals surface area contributed by atoms with Crippen LogP contribution in [0.2, 0.25) is 0 Å². The standard InChI is InChI=1S/C37H59NO5.C7H13NO/c1-22(2)23-12-17-37(20-28(38)39)19-18-35(8)24(30(23)37)10-11-26-34(7)15-14-27(43-29(40)21-32(3,4)31(41)42)33(5,6)25(34)13-16-36(26,35)9;1-6-3-4-8(5-6)7(2)9/h23-27,30H,1,10-21H2,2-9H3,(H2,38,39)(H,41,42);6H,3-5H2,1-2H3/t23-,24+,25-,26+,27-,30+,34-,35+,36?,37+;6-/m00/s1. The highest BCUT2D eigenvalue weighted by Gasteiger charge is 2.71. The minimum absolute atomic E-state index is 0.0308. The maximum absolute atomic E-state index is 13.0. The van der Waals surface area contributed by atoms with Crippen LogP contribution < -0.4 is 5.73 Å². The summed E-state index contributed by atoms with van der Waals surface area (Å²) in [7, 11) is 0. The van der Waals surface area contributed by atoms with E-state index >= 15 is 0 Å². The number of aliphatic carboxylic acids is 1. The number of nitrogens with two attached hydrogens (primary N) is 1. The maximum atomic E-state index is 13.0. The fraction of sp³-hybridized carbons (Fsp3) is 0.864. The number of primary amides is 1. The molecule has 0 bridgehead atoms. The first kappa shape index (κ1) is 40.8. The highest BCUT2D eigenvalue weighted by molar-refractivity contribution is 5.81. The smallest absolute Gasteiger partial charge is 0.309 e. The Bertz CT molecular complexity index is 1440. The minimum atomic E-state index is -1.14. The summed E-state index contributed by atoms with van der Waals surface area (Å²) in [6.45, 7) is 27.9. The van der Waals surface area contributed by atoms with Gasteiger partial charge >= 0.3 is 11.9 Å². The molecule has 0 aromatic heterocycles. The van der Waals surface area contributed by atoms with Crippen LogP contribution in [0.15, 0.2) is 12.2 Å². The van der Waals surface area contributed by atoms with Gasteiger partial charge in [0.05, 0.1) is 11.8 Å². The molecule has 5 saturated carbocycles. The summed E-state index contributed by atoms with van der Waals surface area (Å²) < 4.78 is 6.13. The van der Waals surface area contributed by atoms with E-state index in [0.717, 1.165) is 51.6 Å². The van der Waals surface area contributed by atoms with Crippen molar-refractivity contribution in [1.82, 2.24) is 4.90 Å². The third kappa shape index (κ3) is 6.77. The van der Waals surface area contributed by atoms with Gasteiger partial charge in [0.2, 0.25) is 11.8 Å². The van der Waals surface area contributed by atoms with E-state index in [1.807, 2.05) is 4.90 Å². The van der Waals surface area contributed by atoms with E-state index in [1.165, 1.54) is 37.7 Å². The summed E-state index contributed by atoms with van der Waals surface area (Å²) in [6.07, 6.45) is 12.5. The quantitative estimate of drug-likeness (QED) is 0.200. The fourth-order valence-electron chi connectivity index (χ4n) is 14.0. The molecule has 8 nitrogen and oxygen atoms in total. The first-order chi connectivity index (χ1) is 23.9. The number of nitrogens with zero attached hydrogens (tertiary/aromatic N) is 1. The Hall–Kier alpha value is -2.38. The van der Waals surface area contributed by atoms with E-state index in [-0.39, 0.29) is 51.4 Å². The van der Waals surface area contributed by atoms with E-state index in [9.17, 15) is 24.3 Å². The van der Waals surface area contributed by atoms with Crippen molar-refractivity contribution < 1.29 is 29.0 Å². The van der Waals surface area contributed by atoms with Crippen LogP contribution in [0.5, 0.6) is 0 Å². The number of carboxylic acids is 1. The molecular weight excluding hydrogens is 652 g/mol. The molecule has 6 aliphatic rings. The van der Waals surface area contributed by atoms with Crippen molar-refractivity contribution in [2.75, 3.05) is 13.1 Å². The van der Waals surface area contributed by atoms with Gasteiger partial charge in [-0.15, -0.1) is 0 Å². The lowest BCUT2D eigenvalue weighted by Gasteiger charge is -2.73. The Labute approximate surface area is 314 Å². The number of likely N-dealkylation sites (tertiary alicyclic amines) is 1. The lowest BCUT2D eigenvalue weighted by molar-refractivity contribution is -0.250. The Balaban J connectivity index is 0.000000507. The van der Waals surface area contributed by atoms with Crippen molar-refractivity contribution in [1.29, 1.82) is 0 Å². The van der Waals surface area contributed by atoms with Gasteiger partial charge in [-0.2, -0.15) is 0 Å². The molecule has 11 atom stereocenters. The molecule has 294 valence electrons. The highest BCUT2D eigenvalue weighted by atomic mass is 16.5. The first-order valence-electron chi connectivity index (χ1n) is 20.6. The van der Waals surface area contributed by atoms with Crippen LogP contribution in [0.1, 0.15) is 153 Å². The second-order valence-electron chi connectivity index (χ2n) is 20.8. The summed E-state index contributed by atoms with van der Waals surface area (Å²) in [6, 6.07) is 0. The van der Waals surface area contributed by atoms with Crippen molar-refractivity contribution in [3.05, 3.63) is 12.2 Å².